The van der Waals surface area contributed by atoms with Crippen molar-refractivity contribution in [3.05, 3.63) is 12.2 Å². The molecule has 194 valence electrons. The molecule has 1 rings (SSSR count). The molecule has 0 spiro atoms. The Morgan fingerprint density at radius 1 is 0.529 bits per heavy atom. The van der Waals surface area contributed by atoms with E-state index in [1.165, 1.54) is 12.2 Å². The van der Waals surface area contributed by atoms with Crippen LogP contribution in [0.5, 0.6) is 0 Å². The van der Waals surface area contributed by atoms with Gasteiger partial charge in [-0.2, -0.15) is 0 Å². The summed E-state index contributed by atoms with van der Waals surface area (Å²) in [6.07, 6.45) is 7.57. The van der Waals surface area contributed by atoms with Crippen LogP contribution in [0.1, 0.15) is 0 Å². The molecule has 11 nitrogen and oxygen atoms in total. The highest BCUT2D eigenvalue weighted by Gasteiger charge is 2.22. The third-order valence-electron chi connectivity index (χ3n) is 4.15. The van der Waals surface area contributed by atoms with E-state index < -0.39 is 0 Å². The van der Waals surface area contributed by atoms with Gasteiger partial charge < -0.3 is 37.9 Å². The van der Waals surface area contributed by atoms with Crippen molar-refractivity contribution in [3.63, 3.8) is 0 Å². The molecule has 1 aliphatic heterocycles. The monoisotopic (exact) mass is 487 g/mol. The fraction of sp³-hybridized carbons (Fsp3) is 0.739. The molecule has 0 N–H and O–H groups in total. The highest BCUT2D eigenvalue weighted by Crippen LogP contribution is 2.02. The zero-order valence-corrected chi connectivity index (χ0v) is 19.8. The van der Waals surface area contributed by atoms with Crippen LogP contribution in [0, 0.1) is 12.3 Å². The molecule has 0 aromatic heterocycles. The van der Waals surface area contributed by atoms with E-state index in [4.69, 9.17) is 44.3 Å². The summed E-state index contributed by atoms with van der Waals surface area (Å²) in [5, 5.41) is 0. The fourth-order valence-corrected chi connectivity index (χ4v) is 2.48. The number of hydrogen-bond acceptors (Lipinski definition) is 10. The highest BCUT2D eigenvalue weighted by atomic mass is 16.6. The van der Waals surface area contributed by atoms with Crippen molar-refractivity contribution in [2.45, 2.75) is 0 Å². The Kier molecular flexibility index (Phi) is 20.3. The van der Waals surface area contributed by atoms with Gasteiger partial charge >= 0.3 is 0 Å². The van der Waals surface area contributed by atoms with Gasteiger partial charge in [0.05, 0.1) is 106 Å². The third kappa shape index (κ3) is 17.6. The predicted octanol–water partition coefficient (Wildman–Crippen LogP) is -0.323. The van der Waals surface area contributed by atoms with Crippen molar-refractivity contribution < 1.29 is 47.5 Å². The molecule has 0 aromatic carbocycles. The molecular weight excluding hydrogens is 450 g/mol. The zero-order chi connectivity index (χ0) is 24.5. The summed E-state index contributed by atoms with van der Waals surface area (Å²) in [6, 6.07) is 0. The molecule has 34 heavy (non-hydrogen) atoms. The van der Waals surface area contributed by atoms with Crippen molar-refractivity contribution >= 4 is 11.8 Å². The number of imide groups is 1. The molecule has 0 fully saturated rings. The van der Waals surface area contributed by atoms with E-state index in [1.807, 2.05) is 0 Å². The van der Waals surface area contributed by atoms with E-state index in [0.29, 0.717) is 99.1 Å². The number of amides is 2. The van der Waals surface area contributed by atoms with Gasteiger partial charge in [-0.05, 0) is 0 Å². The van der Waals surface area contributed by atoms with Gasteiger partial charge in [0.1, 0.15) is 6.61 Å². The molecule has 0 aromatic rings. The second-order valence-corrected chi connectivity index (χ2v) is 6.70. The van der Waals surface area contributed by atoms with Crippen LogP contribution >= 0.6 is 0 Å². The summed E-state index contributed by atoms with van der Waals surface area (Å²) in [5.41, 5.74) is 0. The van der Waals surface area contributed by atoms with Crippen molar-refractivity contribution in [1.29, 1.82) is 0 Å². The average Bonchev–Trinajstić information content (AvgIpc) is 3.16. The number of hydrogen-bond donors (Lipinski definition) is 0. The molecule has 0 radical (unpaired) electrons. The lowest BCUT2D eigenvalue weighted by molar-refractivity contribution is -0.137. The maximum Gasteiger partial charge on any atom is 0.253 e. The number of rotatable bonds is 25. The summed E-state index contributed by atoms with van der Waals surface area (Å²) in [7, 11) is 0. The quantitative estimate of drug-likeness (QED) is 0.0965. The number of nitrogens with zero attached hydrogens (tertiary/aromatic N) is 1. The van der Waals surface area contributed by atoms with Gasteiger partial charge in [0.15, 0.2) is 0 Å². The Morgan fingerprint density at radius 3 is 1.15 bits per heavy atom. The molecule has 0 aliphatic carbocycles. The van der Waals surface area contributed by atoms with E-state index in [0.717, 1.165) is 4.90 Å². The zero-order valence-electron chi connectivity index (χ0n) is 19.8. The Hall–Kier alpha value is -1.88. The minimum absolute atomic E-state index is 0.244. The second kappa shape index (κ2) is 22.9. The minimum Gasteiger partial charge on any atom is -0.377 e. The SMILES string of the molecule is C#CCOCCOCCOCCOCCOCCOCCOCCOCCN1C(=O)C=CC1=O. The molecule has 0 saturated heterocycles. The lowest BCUT2D eigenvalue weighted by atomic mass is 10.5. The maximum atomic E-state index is 11.3. The van der Waals surface area contributed by atoms with Crippen LogP contribution in [-0.4, -0.2) is 129 Å². The highest BCUT2D eigenvalue weighted by molar-refractivity contribution is 6.12. The van der Waals surface area contributed by atoms with E-state index in [-0.39, 0.29) is 25.0 Å². The number of carbonyl (C=O) groups is 2. The first-order valence-electron chi connectivity index (χ1n) is 11.3. The maximum absolute atomic E-state index is 11.3. The molecule has 0 unspecified atom stereocenters. The lowest BCUT2D eigenvalue weighted by Crippen LogP contribution is -2.33. The summed E-state index contributed by atoms with van der Waals surface area (Å²) >= 11 is 0. The normalized spacial score (nSPS) is 13.2. The molecule has 0 atom stereocenters. The van der Waals surface area contributed by atoms with Crippen LogP contribution in [0.25, 0.3) is 0 Å². The topological polar surface area (TPSA) is 111 Å². The van der Waals surface area contributed by atoms with Crippen LogP contribution < -0.4 is 0 Å². The van der Waals surface area contributed by atoms with Crippen LogP contribution in [0.3, 0.4) is 0 Å². The molecule has 0 bridgehead atoms. The smallest absolute Gasteiger partial charge is 0.253 e. The van der Waals surface area contributed by atoms with Crippen LogP contribution in [0.4, 0.5) is 0 Å². The standard InChI is InChI=1S/C23H37NO10/c1-2-6-27-8-10-29-12-14-31-16-18-33-20-21-34-19-17-32-15-13-30-11-9-28-7-5-24-22(25)3-4-23(24)26/h1,3-4H,5-21H2. The van der Waals surface area contributed by atoms with Crippen LogP contribution in [0.2, 0.25) is 0 Å². The lowest BCUT2D eigenvalue weighted by Gasteiger charge is -2.13. The van der Waals surface area contributed by atoms with Gasteiger partial charge in [-0.15, -0.1) is 6.42 Å². The van der Waals surface area contributed by atoms with Crippen LogP contribution in [-0.2, 0) is 47.5 Å². The van der Waals surface area contributed by atoms with Gasteiger partial charge in [-0.25, -0.2) is 0 Å². The summed E-state index contributed by atoms with van der Waals surface area (Å²) in [5.74, 6) is 1.78. The number of carbonyl (C=O) groups excluding carboxylic acids is 2. The fourth-order valence-electron chi connectivity index (χ4n) is 2.48. The van der Waals surface area contributed by atoms with Crippen LogP contribution in [0.15, 0.2) is 12.2 Å². The Labute approximate surface area is 201 Å². The Balaban J connectivity index is 1.66. The summed E-state index contributed by atoms with van der Waals surface area (Å²) in [4.78, 5) is 23.8. The van der Waals surface area contributed by atoms with Gasteiger partial charge in [-0.3, -0.25) is 14.5 Å². The van der Waals surface area contributed by atoms with Gasteiger partial charge in [0.2, 0.25) is 0 Å². The molecule has 1 heterocycles. The Bertz CT molecular complexity index is 575. The molecule has 1 aliphatic rings. The first-order valence-corrected chi connectivity index (χ1v) is 11.3. The first kappa shape index (κ1) is 30.2. The predicted molar refractivity (Wildman–Crippen MR) is 121 cm³/mol. The van der Waals surface area contributed by atoms with E-state index in [2.05, 4.69) is 5.92 Å². The molecule has 2 amide bonds. The molecule has 0 saturated carbocycles. The second-order valence-electron chi connectivity index (χ2n) is 6.70. The largest absolute Gasteiger partial charge is 0.377 e. The van der Waals surface area contributed by atoms with Gasteiger partial charge in [0, 0.05) is 12.2 Å². The van der Waals surface area contributed by atoms with Crippen molar-refractivity contribution in [2.24, 2.45) is 0 Å². The van der Waals surface area contributed by atoms with E-state index >= 15 is 0 Å². The van der Waals surface area contributed by atoms with E-state index in [1.54, 1.807) is 0 Å². The third-order valence-corrected chi connectivity index (χ3v) is 4.15. The van der Waals surface area contributed by atoms with Gasteiger partial charge in [-0.1, -0.05) is 5.92 Å². The van der Waals surface area contributed by atoms with Gasteiger partial charge in [0.25, 0.3) is 11.8 Å². The molecular formula is C23H37NO10. The first-order chi connectivity index (χ1) is 16.8. The molecule has 11 heteroatoms. The van der Waals surface area contributed by atoms with Crippen molar-refractivity contribution in [2.75, 3.05) is 112 Å². The summed E-state index contributed by atoms with van der Waals surface area (Å²) in [6.45, 7) is 7.46. The summed E-state index contributed by atoms with van der Waals surface area (Å²) < 4.78 is 42.7. The van der Waals surface area contributed by atoms with E-state index in [9.17, 15) is 9.59 Å². The van der Waals surface area contributed by atoms with Crippen molar-refractivity contribution in [3.8, 4) is 12.3 Å². The Morgan fingerprint density at radius 2 is 0.824 bits per heavy atom. The average molecular weight is 488 g/mol. The number of ether oxygens (including phenoxy) is 8. The minimum atomic E-state index is -0.304. The van der Waals surface area contributed by atoms with Crippen molar-refractivity contribution in [1.82, 2.24) is 4.90 Å². The number of terminal acetylenes is 1.